The van der Waals surface area contributed by atoms with Crippen LogP contribution in [0.25, 0.3) is 33.2 Å². The molecule has 0 saturated carbocycles. The molecule has 3 atom stereocenters. The van der Waals surface area contributed by atoms with Gasteiger partial charge in [-0.2, -0.15) is 0 Å². The molecule has 6 aromatic rings. The summed E-state index contributed by atoms with van der Waals surface area (Å²) in [7, 11) is 2.64. The fourth-order valence-corrected chi connectivity index (χ4v) is 12.7. The predicted octanol–water partition coefficient (Wildman–Crippen LogP) is 9.58. The van der Waals surface area contributed by atoms with E-state index in [2.05, 4.69) is 111 Å². The van der Waals surface area contributed by atoms with Crippen LogP contribution < -0.4 is 15.5 Å². The Balaban J connectivity index is 0.696. The number of amides is 3. The van der Waals surface area contributed by atoms with E-state index in [4.69, 9.17) is 19.4 Å². The summed E-state index contributed by atoms with van der Waals surface area (Å²) in [4.78, 5) is 56.5. The van der Waals surface area contributed by atoms with Gasteiger partial charge in [0.2, 0.25) is 11.8 Å². The fourth-order valence-electron chi connectivity index (χ4n) is 11.9. The van der Waals surface area contributed by atoms with E-state index < -0.39 is 14.1 Å². The molecule has 10 rings (SSSR count). The fraction of sp³-hybridized carbons (Fsp3) is 0.508. The number of fused-ring (bicyclic) bond motifs is 2. The van der Waals surface area contributed by atoms with E-state index in [1.165, 1.54) is 17.3 Å². The number of imidazole rings is 1. The van der Waals surface area contributed by atoms with Crippen molar-refractivity contribution in [3.63, 3.8) is 0 Å². The minimum Gasteiger partial charge on any atom is -0.374 e. The van der Waals surface area contributed by atoms with Gasteiger partial charge >= 0.3 is 0 Å². The summed E-state index contributed by atoms with van der Waals surface area (Å²) in [6.07, 6.45) is 6.47. The van der Waals surface area contributed by atoms with Crippen molar-refractivity contribution in [3.8, 4) is 11.1 Å². The third-order valence-electron chi connectivity index (χ3n) is 16.8. The van der Waals surface area contributed by atoms with Gasteiger partial charge in [0.05, 0.1) is 16.7 Å². The number of halogens is 1. The topological polar surface area (TPSA) is 142 Å². The van der Waals surface area contributed by atoms with Gasteiger partial charge in [0.1, 0.15) is 36.2 Å². The Labute approximate surface area is 448 Å². The second kappa shape index (κ2) is 22.9. The second-order valence-corrected chi connectivity index (χ2v) is 28.6. The van der Waals surface area contributed by atoms with Crippen LogP contribution in [0.3, 0.4) is 0 Å². The molecule has 0 spiro atoms. The maximum atomic E-state index is 15.3. The summed E-state index contributed by atoms with van der Waals surface area (Å²) in [6, 6.07) is 25.2. The lowest BCUT2D eigenvalue weighted by Gasteiger charge is -2.39. The van der Waals surface area contributed by atoms with E-state index in [1.54, 1.807) is 19.2 Å². The highest BCUT2D eigenvalue weighted by molar-refractivity contribution is 6.76. The number of aryl methyl sites for hydroxylation is 1. The number of pyridine rings is 1. The Morgan fingerprint density at radius 1 is 0.882 bits per heavy atom. The highest BCUT2D eigenvalue weighted by Crippen LogP contribution is 2.38. The molecule has 4 fully saturated rings. The van der Waals surface area contributed by atoms with Crippen molar-refractivity contribution < 1.29 is 28.2 Å². The van der Waals surface area contributed by atoms with Crippen LogP contribution in [0.4, 0.5) is 15.8 Å². The Bertz CT molecular complexity index is 3040. The minimum absolute atomic E-state index is 0.117. The van der Waals surface area contributed by atoms with E-state index in [9.17, 15) is 14.4 Å². The molecule has 4 saturated heterocycles. The number of nitrogens with zero attached hydrogens (tertiary/aromatic N) is 8. The number of anilines is 2. The molecule has 0 aliphatic carbocycles. The minimum atomic E-state index is -1.23. The van der Waals surface area contributed by atoms with Crippen LogP contribution in [0, 0.1) is 11.7 Å². The van der Waals surface area contributed by atoms with Crippen molar-refractivity contribution in [2.75, 3.05) is 82.8 Å². The van der Waals surface area contributed by atoms with Crippen LogP contribution in [0.5, 0.6) is 0 Å². The summed E-state index contributed by atoms with van der Waals surface area (Å²) < 4.78 is 31.8. The van der Waals surface area contributed by atoms with Crippen LogP contribution in [-0.2, 0) is 32.8 Å². The molecule has 17 heteroatoms. The smallest absolute Gasteiger partial charge is 0.253 e. The van der Waals surface area contributed by atoms with Crippen molar-refractivity contribution in [1.82, 2.24) is 39.1 Å². The molecule has 15 nitrogen and oxygen atoms in total. The van der Waals surface area contributed by atoms with Gasteiger partial charge in [-0.1, -0.05) is 37.8 Å². The predicted molar refractivity (Wildman–Crippen MR) is 301 cm³/mol. The van der Waals surface area contributed by atoms with Gasteiger partial charge in [-0.25, -0.2) is 14.4 Å². The molecule has 1 unspecified atom stereocenters. The van der Waals surface area contributed by atoms with Crippen LogP contribution in [0.2, 0.25) is 25.7 Å². The Hall–Kier alpha value is -5.98. The first kappa shape index (κ1) is 53.4. The number of aromatic nitrogens is 4. The lowest BCUT2D eigenvalue weighted by Crippen LogP contribution is -2.49. The zero-order valence-corrected chi connectivity index (χ0v) is 46.6. The Kier molecular flexibility index (Phi) is 16.1. The van der Waals surface area contributed by atoms with E-state index >= 15 is 4.39 Å². The van der Waals surface area contributed by atoms with Gasteiger partial charge in [-0.05, 0) is 148 Å². The number of hydrogen-bond donors (Lipinski definition) is 2. The molecular formula is C59H77FN10O5Si. The third kappa shape index (κ3) is 11.8. The highest BCUT2D eigenvalue weighted by atomic mass is 28.3. The average molecular weight is 1050 g/mol. The summed E-state index contributed by atoms with van der Waals surface area (Å²) in [6.45, 7) is 20.3. The van der Waals surface area contributed by atoms with E-state index in [1.807, 2.05) is 30.2 Å². The number of carbonyl (C=O) groups is 3. The third-order valence-corrected chi connectivity index (χ3v) is 18.5. The quantitative estimate of drug-likeness (QED) is 0.0513. The van der Waals surface area contributed by atoms with Crippen LogP contribution in [0.15, 0.2) is 79.0 Å². The maximum Gasteiger partial charge on any atom is 0.253 e. The largest absolute Gasteiger partial charge is 0.374 e. The number of hydrogen-bond acceptors (Lipinski definition) is 11. The number of piperazine rings is 1. The molecule has 76 heavy (non-hydrogen) atoms. The zero-order valence-electron chi connectivity index (χ0n) is 45.6. The molecule has 3 aromatic carbocycles. The number of imide groups is 1. The van der Waals surface area contributed by atoms with Gasteiger partial charge in [-0.3, -0.25) is 29.5 Å². The first-order valence-corrected chi connectivity index (χ1v) is 31.4. The molecule has 3 aromatic heterocycles. The molecule has 4 aliphatic rings. The SMILES string of the molecule is CO[C@H](C)c1nc2ccc(-c3ccnc4c3cc([C@H](C)N3CCC(c5ccc(C(=O)N6CCC(CN7CCN(c8ccc(NC9CCC(=O)NC9=O)cc8F)CC7)CC6)cc5)CC3)n4C)cc2n1COCC[Si](C)(C)C. The Morgan fingerprint density at radius 3 is 2.33 bits per heavy atom. The van der Waals surface area contributed by atoms with Gasteiger partial charge in [-0.15, -0.1) is 0 Å². The molecule has 3 amide bonds. The molecule has 404 valence electrons. The number of benzene rings is 3. The van der Waals surface area contributed by atoms with E-state index in [-0.39, 0.29) is 42.1 Å². The lowest BCUT2D eigenvalue weighted by molar-refractivity contribution is -0.133. The van der Waals surface area contributed by atoms with Gasteiger partial charge < -0.3 is 33.7 Å². The molecule has 4 aliphatic heterocycles. The van der Waals surface area contributed by atoms with Gasteiger partial charge in [0.25, 0.3) is 5.91 Å². The second-order valence-electron chi connectivity index (χ2n) is 23.0. The van der Waals surface area contributed by atoms with Gasteiger partial charge in [0.15, 0.2) is 0 Å². The normalized spacial score (nSPS) is 19.7. The average Bonchev–Trinajstić information content (AvgIpc) is 4.01. The number of rotatable bonds is 17. The molecule has 7 heterocycles. The summed E-state index contributed by atoms with van der Waals surface area (Å²) in [5.74, 6) is 0.966. The van der Waals surface area contributed by atoms with Crippen molar-refractivity contribution in [2.45, 2.75) is 109 Å². The van der Waals surface area contributed by atoms with Crippen LogP contribution >= 0.6 is 0 Å². The molecule has 0 bridgehead atoms. The van der Waals surface area contributed by atoms with Crippen LogP contribution in [-0.4, -0.2) is 138 Å². The molecule has 0 radical (unpaired) electrons. The standard InChI is InChI=1S/C59H77FN10O5Si/c1-39(53-36-48-47(18-23-61-57(48)65(53)3)45-12-14-50-54(34-45)70(56(63-50)40(2)74-4)38-75-32-33-76(5,6)7)67-26-21-43(22-27-67)42-8-10-44(11-9-42)59(73)69-24-19-41(20-25-69)37-66-28-30-68(31-29-66)52-16-13-46(35-49(52)60)62-51-15-17-55(71)64-58(51)72/h8-14,16,18,23,34-36,39-41,43,51,62H,15,17,19-22,24-33,37-38H2,1-7H3,(H,64,71,72)/t39-,40+,51?/m0/s1. The number of carbonyl (C=O) groups excluding carboxylic acids is 3. The highest BCUT2D eigenvalue weighted by Gasteiger charge is 2.31. The molecule has 2 N–H and O–H groups in total. The van der Waals surface area contributed by atoms with Crippen molar-refractivity contribution in [2.24, 2.45) is 13.0 Å². The van der Waals surface area contributed by atoms with Gasteiger partial charge in [0, 0.05) is 116 Å². The number of ether oxygens (including phenoxy) is 2. The van der Waals surface area contributed by atoms with Crippen molar-refractivity contribution >= 4 is 59.2 Å². The number of likely N-dealkylation sites (tertiary alicyclic amines) is 2. The summed E-state index contributed by atoms with van der Waals surface area (Å²) in [5.41, 5.74) is 9.60. The first-order chi connectivity index (χ1) is 36.6. The zero-order chi connectivity index (χ0) is 53.3. The number of nitrogens with one attached hydrogen (secondary N) is 2. The monoisotopic (exact) mass is 1050 g/mol. The van der Waals surface area contributed by atoms with Crippen molar-refractivity contribution in [1.29, 1.82) is 0 Å². The summed E-state index contributed by atoms with van der Waals surface area (Å²) in [5, 5.41) is 6.55. The number of methoxy groups -OCH3 is 1. The van der Waals surface area contributed by atoms with Crippen LogP contribution in [0.1, 0.15) is 97.9 Å². The molecular weight excluding hydrogens is 976 g/mol. The lowest BCUT2D eigenvalue weighted by atomic mass is 9.88. The Morgan fingerprint density at radius 2 is 1.63 bits per heavy atom. The van der Waals surface area contributed by atoms with E-state index in [0.29, 0.717) is 36.4 Å². The van der Waals surface area contributed by atoms with Crippen molar-refractivity contribution in [3.05, 3.63) is 107 Å². The first-order valence-electron chi connectivity index (χ1n) is 27.7. The maximum absolute atomic E-state index is 15.3. The summed E-state index contributed by atoms with van der Waals surface area (Å²) >= 11 is 0. The van der Waals surface area contributed by atoms with E-state index in [0.717, 1.165) is 142 Å². The number of piperidine rings is 3.